The highest BCUT2D eigenvalue weighted by atomic mass is 19.1. The van der Waals surface area contributed by atoms with Crippen molar-refractivity contribution in [3.05, 3.63) is 41.7 Å². The molecule has 0 atom stereocenters. The lowest BCUT2D eigenvalue weighted by atomic mass is 10.2. The second kappa shape index (κ2) is 6.01. The lowest BCUT2D eigenvalue weighted by Gasteiger charge is -2.10. The Kier molecular flexibility index (Phi) is 4.37. The number of hydrogen-bond acceptors (Lipinski definition) is 2. The minimum Gasteiger partial charge on any atom is -0.489 e. The SMILES string of the molecule is C=C(CC)COc1cc(F)cc(CNC2CC2)c1. The Morgan fingerprint density at radius 1 is 1.44 bits per heavy atom. The topological polar surface area (TPSA) is 21.3 Å². The third-order valence-corrected chi connectivity index (χ3v) is 3.05. The van der Waals surface area contributed by atoms with E-state index in [-0.39, 0.29) is 5.82 Å². The predicted octanol–water partition coefficient (Wildman–Crippen LogP) is 3.42. The Bertz CT molecular complexity index is 427. The number of ether oxygens (including phenoxy) is 1. The highest BCUT2D eigenvalue weighted by molar-refractivity contribution is 5.30. The zero-order chi connectivity index (χ0) is 13.0. The van der Waals surface area contributed by atoms with Crippen LogP contribution in [0.25, 0.3) is 0 Å². The molecule has 98 valence electrons. The molecule has 0 radical (unpaired) electrons. The molecule has 1 aromatic carbocycles. The van der Waals surface area contributed by atoms with Crippen molar-refractivity contribution < 1.29 is 9.13 Å². The monoisotopic (exact) mass is 249 g/mol. The fraction of sp³-hybridized carbons (Fsp3) is 0.467. The molecule has 0 aliphatic heterocycles. The van der Waals surface area contributed by atoms with Gasteiger partial charge in [-0.3, -0.25) is 0 Å². The summed E-state index contributed by atoms with van der Waals surface area (Å²) in [6.45, 7) is 7.06. The maximum atomic E-state index is 13.4. The maximum Gasteiger partial charge on any atom is 0.127 e. The van der Waals surface area contributed by atoms with E-state index in [9.17, 15) is 4.39 Å². The van der Waals surface area contributed by atoms with Crippen molar-refractivity contribution >= 4 is 0 Å². The van der Waals surface area contributed by atoms with E-state index in [1.807, 2.05) is 13.0 Å². The van der Waals surface area contributed by atoms with Crippen LogP contribution in [0.5, 0.6) is 5.75 Å². The van der Waals surface area contributed by atoms with E-state index in [1.165, 1.54) is 18.9 Å². The van der Waals surface area contributed by atoms with Crippen LogP contribution in [0.2, 0.25) is 0 Å². The quantitative estimate of drug-likeness (QED) is 0.748. The lowest BCUT2D eigenvalue weighted by molar-refractivity contribution is 0.346. The summed E-state index contributed by atoms with van der Waals surface area (Å²) in [5.74, 6) is 0.333. The number of nitrogens with one attached hydrogen (secondary N) is 1. The van der Waals surface area contributed by atoms with Crippen molar-refractivity contribution in [2.24, 2.45) is 0 Å². The van der Waals surface area contributed by atoms with E-state index in [2.05, 4.69) is 11.9 Å². The Balaban J connectivity index is 1.93. The Morgan fingerprint density at radius 3 is 2.89 bits per heavy atom. The number of hydrogen-bond donors (Lipinski definition) is 1. The van der Waals surface area contributed by atoms with Crippen molar-refractivity contribution in [2.75, 3.05) is 6.61 Å². The molecule has 0 saturated heterocycles. The minimum absolute atomic E-state index is 0.248. The number of benzene rings is 1. The molecule has 1 N–H and O–H groups in total. The van der Waals surface area contributed by atoms with Crippen molar-refractivity contribution in [2.45, 2.75) is 38.8 Å². The first-order valence-corrected chi connectivity index (χ1v) is 6.49. The molecule has 0 amide bonds. The number of halogens is 1. The molecule has 0 bridgehead atoms. The molecule has 2 nitrogen and oxygen atoms in total. The number of rotatable bonds is 7. The second-order valence-corrected chi connectivity index (χ2v) is 4.84. The largest absolute Gasteiger partial charge is 0.489 e. The maximum absolute atomic E-state index is 13.4. The Hall–Kier alpha value is -1.35. The van der Waals surface area contributed by atoms with E-state index < -0.39 is 0 Å². The second-order valence-electron chi connectivity index (χ2n) is 4.84. The summed E-state index contributed by atoms with van der Waals surface area (Å²) >= 11 is 0. The van der Waals surface area contributed by atoms with Gasteiger partial charge in [0.1, 0.15) is 18.2 Å². The smallest absolute Gasteiger partial charge is 0.127 e. The Morgan fingerprint density at radius 2 is 2.22 bits per heavy atom. The molecular formula is C15H20FNO. The average molecular weight is 249 g/mol. The summed E-state index contributed by atoms with van der Waals surface area (Å²) in [6.07, 6.45) is 3.34. The van der Waals surface area contributed by atoms with Gasteiger partial charge in [-0.2, -0.15) is 0 Å². The molecule has 1 saturated carbocycles. The summed E-state index contributed by atoms with van der Waals surface area (Å²) in [7, 11) is 0. The van der Waals surface area contributed by atoms with E-state index in [4.69, 9.17) is 4.74 Å². The van der Waals surface area contributed by atoms with Gasteiger partial charge in [-0.15, -0.1) is 0 Å². The molecule has 2 rings (SSSR count). The highest BCUT2D eigenvalue weighted by Gasteiger charge is 2.20. The fourth-order valence-corrected chi connectivity index (χ4v) is 1.64. The molecule has 1 fully saturated rings. The van der Waals surface area contributed by atoms with Crippen LogP contribution >= 0.6 is 0 Å². The summed E-state index contributed by atoms with van der Waals surface area (Å²) in [5.41, 5.74) is 1.94. The highest BCUT2D eigenvalue weighted by Crippen LogP contribution is 2.21. The third-order valence-electron chi connectivity index (χ3n) is 3.05. The van der Waals surface area contributed by atoms with E-state index in [1.54, 1.807) is 6.07 Å². The molecule has 0 aromatic heterocycles. The zero-order valence-electron chi connectivity index (χ0n) is 10.8. The zero-order valence-corrected chi connectivity index (χ0v) is 10.8. The average Bonchev–Trinajstić information content (AvgIpc) is 3.17. The van der Waals surface area contributed by atoms with E-state index in [0.717, 1.165) is 17.6 Å². The van der Waals surface area contributed by atoms with E-state index >= 15 is 0 Å². The molecular weight excluding hydrogens is 229 g/mol. The van der Waals surface area contributed by atoms with Gasteiger partial charge in [0.2, 0.25) is 0 Å². The van der Waals surface area contributed by atoms with Crippen LogP contribution in [-0.2, 0) is 6.54 Å². The van der Waals surface area contributed by atoms with Gasteiger partial charge >= 0.3 is 0 Å². The normalized spacial score (nSPS) is 14.6. The van der Waals surface area contributed by atoms with Crippen molar-refractivity contribution in [1.29, 1.82) is 0 Å². The summed E-state index contributed by atoms with van der Waals surface area (Å²) < 4.78 is 19.0. The van der Waals surface area contributed by atoms with Gasteiger partial charge < -0.3 is 10.1 Å². The van der Waals surface area contributed by atoms with Gasteiger partial charge in [0, 0.05) is 18.7 Å². The molecule has 1 aliphatic rings. The Labute approximate surface area is 108 Å². The van der Waals surface area contributed by atoms with E-state index in [0.29, 0.717) is 24.9 Å². The van der Waals surface area contributed by atoms with Crippen LogP contribution in [0.4, 0.5) is 4.39 Å². The standard InChI is InChI=1S/C15H20FNO/c1-3-11(2)10-18-15-7-12(6-13(16)8-15)9-17-14-4-5-14/h6-8,14,17H,2-5,9-10H2,1H3. The fourth-order valence-electron chi connectivity index (χ4n) is 1.64. The van der Waals surface area contributed by atoms with Crippen molar-refractivity contribution in [1.82, 2.24) is 5.32 Å². The van der Waals surface area contributed by atoms with Crippen LogP contribution in [-0.4, -0.2) is 12.6 Å². The van der Waals surface area contributed by atoms with Crippen LogP contribution in [0.3, 0.4) is 0 Å². The van der Waals surface area contributed by atoms with Gasteiger partial charge in [0.05, 0.1) is 0 Å². The first-order valence-electron chi connectivity index (χ1n) is 6.49. The van der Waals surface area contributed by atoms with Gasteiger partial charge in [0.25, 0.3) is 0 Å². The van der Waals surface area contributed by atoms with Crippen molar-refractivity contribution in [3.8, 4) is 5.75 Å². The lowest BCUT2D eigenvalue weighted by Crippen LogP contribution is -2.15. The van der Waals surface area contributed by atoms with Gasteiger partial charge in [-0.25, -0.2) is 4.39 Å². The van der Waals surface area contributed by atoms with Crippen LogP contribution in [0.1, 0.15) is 31.7 Å². The van der Waals surface area contributed by atoms with Crippen molar-refractivity contribution in [3.63, 3.8) is 0 Å². The molecule has 0 spiro atoms. The van der Waals surface area contributed by atoms with Gasteiger partial charge in [0.15, 0.2) is 0 Å². The molecule has 0 heterocycles. The molecule has 1 aliphatic carbocycles. The molecule has 1 aromatic rings. The van der Waals surface area contributed by atoms with Crippen LogP contribution < -0.4 is 10.1 Å². The molecule has 0 unspecified atom stereocenters. The minimum atomic E-state index is -0.248. The first-order chi connectivity index (χ1) is 8.67. The summed E-state index contributed by atoms with van der Waals surface area (Å²) in [4.78, 5) is 0. The summed E-state index contributed by atoms with van der Waals surface area (Å²) in [6, 6.07) is 5.49. The summed E-state index contributed by atoms with van der Waals surface area (Å²) in [5, 5.41) is 3.36. The van der Waals surface area contributed by atoms with Crippen LogP contribution in [0, 0.1) is 5.82 Å². The molecule has 3 heteroatoms. The first kappa shape index (κ1) is 13.1. The van der Waals surface area contributed by atoms with Crippen LogP contribution in [0.15, 0.2) is 30.4 Å². The third kappa shape index (κ3) is 4.15. The predicted molar refractivity (Wildman–Crippen MR) is 71.2 cm³/mol. The molecule has 18 heavy (non-hydrogen) atoms. The van der Waals surface area contributed by atoms with Gasteiger partial charge in [-0.05, 0) is 42.5 Å². The van der Waals surface area contributed by atoms with Gasteiger partial charge in [-0.1, -0.05) is 13.5 Å².